The van der Waals surface area contributed by atoms with Crippen LogP contribution in [0.5, 0.6) is 5.75 Å². The molecular weight excluding hydrogens is 270 g/mol. The van der Waals surface area contributed by atoms with Crippen molar-refractivity contribution >= 4 is 21.8 Å². The summed E-state index contributed by atoms with van der Waals surface area (Å²) in [7, 11) is 0. The molecule has 2 rings (SSSR count). The van der Waals surface area contributed by atoms with Crippen molar-refractivity contribution in [1.82, 2.24) is 4.90 Å². The average Bonchev–Trinajstić information content (AvgIpc) is 2.67. The molecule has 1 aromatic carbocycles. The third-order valence-electron chi connectivity index (χ3n) is 2.63. The lowest BCUT2D eigenvalue weighted by atomic mass is 10.3. The van der Waals surface area contributed by atoms with Crippen molar-refractivity contribution < 1.29 is 9.53 Å². The van der Waals surface area contributed by atoms with Crippen molar-refractivity contribution in [2.24, 2.45) is 0 Å². The van der Waals surface area contributed by atoms with Gasteiger partial charge in [0.25, 0.3) is 0 Å². The smallest absolute Gasteiger partial charge is 0.222 e. The molecule has 4 heteroatoms. The predicted molar refractivity (Wildman–Crippen MR) is 65.5 cm³/mol. The van der Waals surface area contributed by atoms with Crippen LogP contribution >= 0.6 is 15.9 Å². The van der Waals surface area contributed by atoms with E-state index < -0.39 is 0 Å². The number of benzene rings is 1. The second-order valence-electron chi connectivity index (χ2n) is 3.76. The molecule has 0 unspecified atom stereocenters. The molecule has 0 N–H and O–H groups in total. The molecule has 0 saturated carbocycles. The summed E-state index contributed by atoms with van der Waals surface area (Å²) in [6, 6.07) is 7.73. The Morgan fingerprint density at radius 3 is 2.88 bits per heavy atom. The van der Waals surface area contributed by atoms with Gasteiger partial charge in [-0.15, -0.1) is 0 Å². The van der Waals surface area contributed by atoms with Gasteiger partial charge >= 0.3 is 0 Å². The summed E-state index contributed by atoms with van der Waals surface area (Å²) in [6.07, 6.45) is 1.67. The van der Waals surface area contributed by atoms with Crippen LogP contribution in [0.1, 0.15) is 12.8 Å². The molecular formula is C12H14BrNO2. The number of halogens is 1. The minimum absolute atomic E-state index is 0.246. The molecule has 1 fully saturated rings. The molecule has 0 atom stereocenters. The maximum absolute atomic E-state index is 11.3. The molecule has 16 heavy (non-hydrogen) atoms. The van der Waals surface area contributed by atoms with E-state index in [9.17, 15) is 4.79 Å². The summed E-state index contributed by atoms with van der Waals surface area (Å²) in [6.45, 7) is 2.10. The van der Waals surface area contributed by atoms with Crippen LogP contribution in [0.3, 0.4) is 0 Å². The molecule has 0 radical (unpaired) electrons. The van der Waals surface area contributed by atoms with Gasteiger partial charge in [0.15, 0.2) is 0 Å². The van der Waals surface area contributed by atoms with Gasteiger partial charge in [-0.05, 0) is 34.5 Å². The molecule has 1 heterocycles. The number of carbonyl (C=O) groups is 1. The number of hydrogen-bond acceptors (Lipinski definition) is 2. The highest BCUT2D eigenvalue weighted by Gasteiger charge is 2.19. The van der Waals surface area contributed by atoms with Crippen molar-refractivity contribution in [3.8, 4) is 5.75 Å². The molecule has 0 spiro atoms. The Balaban J connectivity index is 1.80. The normalized spacial score (nSPS) is 15.6. The third kappa shape index (κ3) is 2.76. The number of para-hydroxylation sites is 1. The van der Waals surface area contributed by atoms with Gasteiger partial charge in [-0.25, -0.2) is 0 Å². The van der Waals surface area contributed by atoms with Crippen LogP contribution in [-0.4, -0.2) is 30.5 Å². The molecule has 86 valence electrons. The number of carbonyl (C=O) groups excluding carboxylic acids is 1. The fraction of sp³-hybridized carbons (Fsp3) is 0.417. The van der Waals surface area contributed by atoms with E-state index in [1.807, 2.05) is 29.2 Å². The Hall–Kier alpha value is -1.03. The third-order valence-corrected chi connectivity index (χ3v) is 3.28. The quantitative estimate of drug-likeness (QED) is 0.850. The largest absolute Gasteiger partial charge is 0.491 e. The fourth-order valence-electron chi connectivity index (χ4n) is 1.77. The number of ether oxygens (including phenoxy) is 1. The molecule has 1 aliphatic heterocycles. The van der Waals surface area contributed by atoms with Crippen molar-refractivity contribution in [2.75, 3.05) is 19.7 Å². The highest BCUT2D eigenvalue weighted by molar-refractivity contribution is 9.10. The van der Waals surface area contributed by atoms with Gasteiger partial charge in [-0.2, -0.15) is 0 Å². The number of rotatable bonds is 4. The van der Waals surface area contributed by atoms with Crippen molar-refractivity contribution in [1.29, 1.82) is 0 Å². The summed E-state index contributed by atoms with van der Waals surface area (Å²) >= 11 is 3.42. The number of nitrogens with zero attached hydrogens (tertiary/aromatic N) is 1. The van der Waals surface area contributed by atoms with Crippen LogP contribution in [0, 0.1) is 0 Å². The van der Waals surface area contributed by atoms with Crippen LogP contribution < -0.4 is 4.74 Å². The Labute approximate surface area is 104 Å². The number of hydrogen-bond donors (Lipinski definition) is 0. The lowest BCUT2D eigenvalue weighted by Crippen LogP contribution is -2.29. The molecule has 1 aromatic rings. The van der Waals surface area contributed by atoms with Gasteiger partial charge in [0.1, 0.15) is 12.4 Å². The summed E-state index contributed by atoms with van der Waals surface area (Å²) in [4.78, 5) is 13.2. The fourth-order valence-corrected chi connectivity index (χ4v) is 2.17. The first kappa shape index (κ1) is 11.5. The number of likely N-dealkylation sites (tertiary alicyclic amines) is 1. The maximum Gasteiger partial charge on any atom is 0.222 e. The molecule has 1 amide bonds. The molecule has 0 bridgehead atoms. The molecule has 1 aliphatic rings. The van der Waals surface area contributed by atoms with Gasteiger partial charge in [-0.1, -0.05) is 12.1 Å². The second kappa shape index (κ2) is 5.34. The standard InChI is InChI=1S/C12H14BrNO2/c13-10-4-1-2-5-11(10)16-9-8-14-7-3-6-12(14)15/h1-2,4-5H,3,6-9H2. The van der Waals surface area contributed by atoms with Crippen LogP contribution in [-0.2, 0) is 4.79 Å². The molecule has 3 nitrogen and oxygen atoms in total. The van der Waals surface area contributed by atoms with E-state index in [0.717, 1.165) is 23.2 Å². The summed E-state index contributed by atoms with van der Waals surface area (Å²) in [5.41, 5.74) is 0. The van der Waals surface area contributed by atoms with Gasteiger partial charge in [-0.3, -0.25) is 4.79 Å². The van der Waals surface area contributed by atoms with E-state index in [0.29, 0.717) is 19.6 Å². The minimum atomic E-state index is 0.246. The summed E-state index contributed by atoms with van der Waals surface area (Å²) < 4.78 is 6.55. The van der Waals surface area contributed by atoms with E-state index in [1.165, 1.54) is 0 Å². The van der Waals surface area contributed by atoms with Crippen LogP contribution in [0.4, 0.5) is 0 Å². The van der Waals surface area contributed by atoms with Gasteiger partial charge in [0.05, 0.1) is 11.0 Å². The molecule has 1 saturated heterocycles. The number of amides is 1. The van der Waals surface area contributed by atoms with Crippen molar-refractivity contribution in [3.05, 3.63) is 28.7 Å². The van der Waals surface area contributed by atoms with Gasteiger partial charge in [0, 0.05) is 13.0 Å². The first-order valence-electron chi connectivity index (χ1n) is 5.42. The Bertz CT molecular complexity index is 381. The Morgan fingerprint density at radius 1 is 1.38 bits per heavy atom. The van der Waals surface area contributed by atoms with E-state index >= 15 is 0 Å². The van der Waals surface area contributed by atoms with Crippen LogP contribution in [0.25, 0.3) is 0 Å². The second-order valence-corrected chi connectivity index (χ2v) is 4.62. The van der Waals surface area contributed by atoms with E-state index in [-0.39, 0.29) is 5.91 Å². The predicted octanol–water partition coefficient (Wildman–Crippen LogP) is 2.45. The van der Waals surface area contributed by atoms with Crippen molar-refractivity contribution in [3.63, 3.8) is 0 Å². The average molecular weight is 284 g/mol. The zero-order valence-corrected chi connectivity index (χ0v) is 10.6. The van der Waals surface area contributed by atoms with Crippen LogP contribution in [0.15, 0.2) is 28.7 Å². The lowest BCUT2D eigenvalue weighted by molar-refractivity contribution is -0.128. The van der Waals surface area contributed by atoms with Gasteiger partial charge < -0.3 is 9.64 Å². The zero-order valence-electron chi connectivity index (χ0n) is 8.99. The Kier molecular flexibility index (Phi) is 3.83. The summed E-state index contributed by atoms with van der Waals surface area (Å²) in [5.74, 6) is 1.07. The van der Waals surface area contributed by atoms with Crippen LogP contribution in [0.2, 0.25) is 0 Å². The lowest BCUT2D eigenvalue weighted by Gasteiger charge is -2.16. The van der Waals surface area contributed by atoms with Crippen molar-refractivity contribution in [2.45, 2.75) is 12.8 Å². The van der Waals surface area contributed by atoms with E-state index in [1.54, 1.807) is 0 Å². The topological polar surface area (TPSA) is 29.5 Å². The SMILES string of the molecule is O=C1CCCN1CCOc1ccccc1Br. The minimum Gasteiger partial charge on any atom is -0.491 e. The summed E-state index contributed by atoms with van der Waals surface area (Å²) in [5, 5.41) is 0. The van der Waals surface area contributed by atoms with E-state index in [4.69, 9.17) is 4.74 Å². The van der Waals surface area contributed by atoms with Gasteiger partial charge in [0.2, 0.25) is 5.91 Å². The maximum atomic E-state index is 11.3. The first-order chi connectivity index (χ1) is 7.77. The van der Waals surface area contributed by atoms with E-state index in [2.05, 4.69) is 15.9 Å². The molecule has 0 aliphatic carbocycles. The molecule has 0 aromatic heterocycles. The Morgan fingerprint density at radius 2 is 2.19 bits per heavy atom. The highest BCUT2D eigenvalue weighted by Crippen LogP contribution is 2.23. The highest BCUT2D eigenvalue weighted by atomic mass is 79.9. The first-order valence-corrected chi connectivity index (χ1v) is 6.22. The monoisotopic (exact) mass is 283 g/mol. The zero-order chi connectivity index (χ0) is 11.4.